The molecule has 0 unspecified atom stereocenters. The van der Waals surface area contributed by atoms with E-state index in [0.29, 0.717) is 11.6 Å². The normalized spacial score (nSPS) is 21.3. The summed E-state index contributed by atoms with van der Waals surface area (Å²) in [4.78, 5) is 3.70. The summed E-state index contributed by atoms with van der Waals surface area (Å²) in [5, 5.41) is 8.78. The van der Waals surface area contributed by atoms with Crippen molar-refractivity contribution < 1.29 is 21.6 Å². The van der Waals surface area contributed by atoms with Crippen LogP contribution in [-0.2, 0) is 16.2 Å². The van der Waals surface area contributed by atoms with Gasteiger partial charge in [-0.1, -0.05) is 20.8 Å². The summed E-state index contributed by atoms with van der Waals surface area (Å²) in [6, 6.07) is 5.28. The van der Waals surface area contributed by atoms with E-state index in [2.05, 4.69) is 30.9 Å². The molecule has 1 heterocycles. The Morgan fingerprint density at radius 2 is 1.59 bits per heavy atom. The predicted molar refractivity (Wildman–Crippen MR) is 102 cm³/mol. The molecule has 6 nitrogen and oxygen atoms in total. The maximum Gasteiger partial charge on any atom is 0.453 e. The van der Waals surface area contributed by atoms with Crippen LogP contribution >= 0.6 is 0 Å². The smallest absolute Gasteiger partial charge is 0.225 e. The molecule has 1 saturated carbocycles. The Labute approximate surface area is 168 Å². The van der Waals surface area contributed by atoms with Crippen LogP contribution in [-0.4, -0.2) is 23.2 Å². The van der Waals surface area contributed by atoms with Crippen molar-refractivity contribution in [1.82, 2.24) is 14.8 Å². The highest BCUT2D eigenvalue weighted by molar-refractivity contribution is 7.89. The number of hydrogen-bond donors (Lipinski definition) is 1. The lowest BCUT2D eigenvalue weighted by molar-refractivity contribution is -0.144. The molecule has 0 bridgehead atoms. The molecule has 0 atom stereocenters. The van der Waals surface area contributed by atoms with Crippen molar-refractivity contribution in [3.63, 3.8) is 0 Å². The molecule has 3 rings (SSSR count). The van der Waals surface area contributed by atoms with E-state index in [4.69, 9.17) is 5.14 Å². The van der Waals surface area contributed by atoms with Crippen molar-refractivity contribution >= 4 is 10.0 Å². The second-order valence-corrected chi connectivity index (χ2v) is 10.2. The topological polar surface area (TPSA) is 90.9 Å². The van der Waals surface area contributed by atoms with E-state index in [1.54, 1.807) is 0 Å². The monoisotopic (exact) mass is 430 g/mol. The lowest BCUT2D eigenvalue weighted by atomic mass is 9.69. The maximum atomic E-state index is 13.3. The van der Waals surface area contributed by atoms with E-state index in [1.807, 2.05) is 0 Å². The highest BCUT2D eigenvalue weighted by atomic mass is 32.2. The first-order valence-electron chi connectivity index (χ1n) is 9.44. The number of hydrogen-bond acceptors (Lipinski definition) is 4. The highest BCUT2D eigenvalue weighted by Crippen LogP contribution is 2.43. The zero-order chi connectivity index (χ0) is 21.6. The van der Waals surface area contributed by atoms with Crippen LogP contribution in [0.1, 0.15) is 64.0 Å². The molecule has 0 spiro atoms. The molecule has 0 saturated heterocycles. The van der Waals surface area contributed by atoms with E-state index in [1.165, 1.54) is 28.9 Å². The lowest BCUT2D eigenvalue weighted by Gasteiger charge is -2.36. The minimum absolute atomic E-state index is 0.121. The number of nitrogens with two attached hydrogens (primary N) is 1. The lowest BCUT2D eigenvalue weighted by Crippen LogP contribution is -2.26. The maximum absolute atomic E-state index is 13.3. The molecule has 1 aliphatic carbocycles. The van der Waals surface area contributed by atoms with Gasteiger partial charge in [0.1, 0.15) is 5.82 Å². The van der Waals surface area contributed by atoms with Crippen LogP contribution in [0.2, 0.25) is 0 Å². The van der Waals surface area contributed by atoms with Crippen LogP contribution in [0.5, 0.6) is 0 Å². The molecule has 2 aromatic rings. The third kappa shape index (κ3) is 4.80. The van der Waals surface area contributed by atoms with E-state index in [9.17, 15) is 21.6 Å². The molecular formula is C19H25F3N4O2S. The molecule has 1 fully saturated rings. The van der Waals surface area contributed by atoms with E-state index in [0.717, 1.165) is 25.7 Å². The van der Waals surface area contributed by atoms with Crippen LogP contribution in [0, 0.1) is 11.3 Å². The molecule has 0 radical (unpaired) electrons. The Morgan fingerprint density at radius 1 is 1.03 bits per heavy atom. The fraction of sp³-hybridized carbons (Fsp3) is 0.579. The molecule has 29 heavy (non-hydrogen) atoms. The predicted octanol–water partition coefficient (Wildman–Crippen LogP) is 4.25. The van der Waals surface area contributed by atoms with E-state index in [-0.39, 0.29) is 22.1 Å². The molecule has 0 amide bonds. The van der Waals surface area contributed by atoms with Crippen molar-refractivity contribution in [3.05, 3.63) is 35.9 Å². The summed E-state index contributed by atoms with van der Waals surface area (Å²) in [5.41, 5.74) is 0.465. The van der Waals surface area contributed by atoms with Crippen molar-refractivity contribution in [2.75, 3.05) is 0 Å². The number of halogens is 3. The number of alkyl halides is 3. The Morgan fingerprint density at radius 3 is 2.03 bits per heavy atom. The Balaban J connectivity index is 1.96. The van der Waals surface area contributed by atoms with Gasteiger partial charge in [-0.25, -0.2) is 23.2 Å². The zero-order valence-electron chi connectivity index (χ0n) is 16.6. The zero-order valence-corrected chi connectivity index (χ0v) is 17.4. The summed E-state index contributed by atoms with van der Waals surface area (Å²) >= 11 is 0. The third-order valence-electron chi connectivity index (χ3n) is 5.61. The van der Waals surface area contributed by atoms with Crippen LogP contribution in [0.4, 0.5) is 13.2 Å². The quantitative estimate of drug-likeness (QED) is 0.788. The molecular weight excluding hydrogens is 405 g/mol. The van der Waals surface area contributed by atoms with Gasteiger partial charge in [0.15, 0.2) is 0 Å². The van der Waals surface area contributed by atoms with Gasteiger partial charge in [-0.2, -0.15) is 13.2 Å². The van der Waals surface area contributed by atoms with E-state index < -0.39 is 22.0 Å². The second-order valence-electron chi connectivity index (χ2n) is 8.66. The summed E-state index contributed by atoms with van der Waals surface area (Å²) in [6.45, 7) is 6.53. The average molecular weight is 430 g/mol. The largest absolute Gasteiger partial charge is 0.453 e. The van der Waals surface area contributed by atoms with Gasteiger partial charge in [-0.05, 0) is 61.3 Å². The molecule has 0 aliphatic heterocycles. The number of benzene rings is 1. The van der Waals surface area contributed by atoms with Gasteiger partial charge >= 0.3 is 6.18 Å². The van der Waals surface area contributed by atoms with Crippen molar-refractivity contribution in [3.8, 4) is 5.69 Å². The molecule has 2 N–H and O–H groups in total. The van der Waals surface area contributed by atoms with Crippen LogP contribution < -0.4 is 5.14 Å². The molecule has 1 aromatic heterocycles. The molecule has 1 aromatic carbocycles. The van der Waals surface area contributed by atoms with Crippen LogP contribution in [0.3, 0.4) is 0 Å². The van der Waals surface area contributed by atoms with E-state index >= 15 is 0 Å². The minimum Gasteiger partial charge on any atom is -0.225 e. The number of aromatic nitrogens is 3. The summed E-state index contributed by atoms with van der Waals surface area (Å²) in [7, 11) is -3.90. The summed E-state index contributed by atoms with van der Waals surface area (Å²) in [6.07, 6.45) is -1.39. The number of nitrogens with zero attached hydrogens (tertiary/aromatic N) is 3. The van der Waals surface area contributed by atoms with Gasteiger partial charge in [0.25, 0.3) is 5.82 Å². The van der Waals surface area contributed by atoms with Crippen molar-refractivity contribution in [2.45, 2.75) is 63.4 Å². The van der Waals surface area contributed by atoms with Crippen LogP contribution in [0.15, 0.2) is 29.2 Å². The van der Waals surface area contributed by atoms with Crippen LogP contribution in [0.25, 0.3) is 5.69 Å². The Kier molecular flexibility index (Phi) is 5.55. The first-order valence-corrected chi connectivity index (χ1v) is 11.0. The molecule has 160 valence electrons. The minimum atomic E-state index is -4.66. The van der Waals surface area contributed by atoms with Gasteiger partial charge < -0.3 is 0 Å². The standard InChI is InChI=1S/C19H25F3N4O2S/c1-18(2,3)13-6-4-12(5-7-13)16-24-17(19(20,21)22)25-26(16)14-8-10-15(11-9-14)29(23,27)28/h8-13H,4-7H2,1-3H3,(H2,23,27,28). The highest BCUT2D eigenvalue weighted by Gasteiger charge is 2.39. The summed E-state index contributed by atoms with van der Waals surface area (Å²) < 4.78 is 63.9. The van der Waals surface area contributed by atoms with Crippen molar-refractivity contribution in [2.24, 2.45) is 16.5 Å². The number of primary sulfonamides is 1. The Hall–Kier alpha value is -1.94. The molecule has 10 heteroatoms. The van der Waals surface area contributed by atoms with Gasteiger partial charge in [0.2, 0.25) is 10.0 Å². The van der Waals surface area contributed by atoms with Gasteiger partial charge in [0.05, 0.1) is 10.6 Å². The number of sulfonamides is 1. The van der Waals surface area contributed by atoms with Gasteiger partial charge in [-0.15, -0.1) is 5.10 Å². The number of rotatable bonds is 3. The van der Waals surface area contributed by atoms with Gasteiger partial charge in [0, 0.05) is 5.92 Å². The first kappa shape index (κ1) is 21.8. The molecule has 1 aliphatic rings. The first-order chi connectivity index (χ1) is 13.3. The fourth-order valence-electron chi connectivity index (χ4n) is 3.89. The second kappa shape index (κ2) is 7.39. The third-order valence-corrected chi connectivity index (χ3v) is 6.54. The Bertz CT molecular complexity index is 968. The van der Waals surface area contributed by atoms with Gasteiger partial charge in [-0.3, -0.25) is 0 Å². The van der Waals surface area contributed by atoms with Crippen molar-refractivity contribution in [1.29, 1.82) is 0 Å². The fourth-order valence-corrected chi connectivity index (χ4v) is 4.41. The SMILES string of the molecule is CC(C)(C)C1CCC(c2nc(C(F)(F)F)nn2-c2ccc(S(N)(=O)=O)cc2)CC1. The average Bonchev–Trinajstić information content (AvgIpc) is 3.06. The summed E-state index contributed by atoms with van der Waals surface area (Å²) in [5.74, 6) is -0.574.